The molecule has 0 unspecified atom stereocenters. The summed E-state index contributed by atoms with van der Waals surface area (Å²) >= 11 is 0. The second kappa shape index (κ2) is 3.68. The van der Waals surface area contributed by atoms with E-state index >= 15 is 0 Å². The van der Waals surface area contributed by atoms with Crippen LogP contribution in [0.3, 0.4) is 0 Å². The van der Waals surface area contributed by atoms with Crippen LogP contribution in [0.15, 0.2) is 30.3 Å². The molecule has 0 atom stereocenters. The molecule has 1 aromatic rings. The fourth-order valence-electron chi connectivity index (χ4n) is 1.06. The third-order valence-electron chi connectivity index (χ3n) is 1.55. The van der Waals surface area contributed by atoms with Gasteiger partial charge in [0.05, 0.1) is 0 Å². The molecule has 0 radical (unpaired) electrons. The largest absolute Gasteiger partial charge is 0.489 e. The van der Waals surface area contributed by atoms with Gasteiger partial charge in [-0.05, 0) is 12.1 Å². The second-order valence-corrected chi connectivity index (χ2v) is 2.25. The van der Waals surface area contributed by atoms with E-state index in [1.807, 2.05) is 30.3 Å². The molecule has 1 aromatic carbocycles. The van der Waals surface area contributed by atoms with Crippen LogP contribution in [0.2, 0.25) is 0 Å². The average Bonchev–Trinajstić information content (AvgIpc) is 2.05. The molecule has 0 spiro atoms. The van der Waals surface area contributed by atoms with Crippen molar-refractivity contribution in [1.29, 1.82) is 0 Å². The van der Waals surface area contributed by atoms with Crippen LogP contribution in [0.25, 0.3) is 6.08 Å². The van der Waals surface area contributed by atoms with Crippen LogP contribution in [0, 0.1) is 0 Å². The Morgan fingerprint density at radius 1 is 1.18 bits per heavy atom. The Bertz CT molecular complexity index is 268. The van der Waals surface area contributed by atoms with E-state index < -0.39 is 0 Å². The summed E-state index contributed by atoms with van der Waals surface area (Å²) in [5, 5.41) is 0. The summed E-state index contributed by atoms with van der Waals surface area (Å²) in [5.41, 5.74) is 1.17. The van der Waals surface area contributed by atoms with Gasteiger partial charge in [-0.3, -0.25) is 0 Å². The zero-order valence-corrected chi connectivity index (χ0v) is 7.67. The van der Waals surface area contributed by atoms with Gasteiger partial charge in [0.15, 0.2) is 0 Å². The molecule has 1 aliphatic heterocycles. The normalized spacial score (nSPS) is 12.7. The van der Waals surface area contributed by atoms with Crippen molar-refractivity contribution in [2.45, 2.75) is 0 Å². The first-order valence-electron chi connectivity index (χ1n) is 3.35. The van der Waals surface area contributed by atoms with Gasteiger partial charge >= 0.3 is 0 Å². The Morgan fingerprint density at radius 2 is 2.00 bits per heavy atom. The molecule has 0 N–H and O–H groups in total. The van der Waals surface area contributed by atoms with Gasteiger partial charge in [0.25, 0.3) is 0 Å². The molecule has 0 aromatic heterocycles. The Hall–Kier alpha value is -0.617. The third kappa shape index (κ3) is 1.69. The van der Waals surface area contributed by atoms with Crippen LogP contribution in [0.1, 0.15) is 5.56 Å². The Labute approximate surface area is 78.8 Å². The van der Waals surface area contributed by atoms with E-state index in [1.165, 1.54) is 5.56 Å². The minimum atomic E-state index is 0. The standard InChI is InChI=1S/C9H8O.Ru/c1-2-6-9-8(4-1)5-3-7-10-9;/h1-6H,7H2;. The van der Waals surface area contributed by atoms with Gasteiger partial charge in [0.1, 0.15) is 12.4 Å². The molecule has 2 rings (SSSR count). The molecule has 0 saturated carbocycles. The monoisotopic (exact) mass is 234 g/mol. The van der Waals surface area contributed by atoms with Crippen LogP contribution in [0.4, 0.5) is 0 Å². The van der Waals surface area contributed by atoms with Gasteiger partial charge in [0.2, 0.25) is 0 Å². The maximum Gasteiger partial charge on any atom is 0.126 e. The molecular weight excluding hydrogens is 225 g/mol. The Kier molecular flexibility index (Phi) is 2.84. The van der Waals surface area contributed by atoms with Crippen LogP contribution >= 0.6 is 0 Å². The molecule has 0 bridgehead atoms. The number of benzene rings is 1. The van der Waals surface area contributed by atoms with Crippen LogP contribution < -0.4 is 4.74 Å². The summed E-state index contributed by atoms with van der Waals surface area (Å²) in [4.78, 5) is 0. The molecule has 1 aliphatic rings. The zero-order valence-electron chi connectivity index (χ0n) is 5.93. The van der Waals surface area contributed by atoms with Crippen LogP contribution in [-0.4, -0.2) is 6.61 Å². The minimum absolute atomic E-state index is 0. The van der Waals surface area contributed by atoms with Crippen LogP contribution in [0.5, 0.6) is 5.75 Å². The Balaban J connectivity index is 0.000000605. The van der Waals surface area contributed by atoms with Crippen molar-refractivity contribution in [1.82, 2.24) is 0 Å². The summed E-state index contributed by atoms with van der Waals surface area (Å²) in [6, 6.07) is 8.03. The molecule has 0 saturated heterocycles. The van der Waals surface area contributed by atoms with Crippen molar-refractivity contribution in [2.24, 2.45) is 0 Å². The third-order valence-corrected chi connectivity index (χ3v) is 1.55. The van der Waals surface area contributed by atoms with E-state index in [1.54, 1.807) is 0 Å². The first kappa shape index (κ1) is 8.48. The summed E-state index contributed by atoms with van der Waals surface area (Å²) in [6.07, 6.45) is 4.10. The van der Waals surface area contributed by atoms with Crippen molar-refractivity contribution < 1.29 is 24.2 Å². The number of rotatable bonds is 0. The molecule has 0 aliphatic carbocycles. The smallest absolute Gasteiger partial charge is 0.126 e. The molecule has 0 amide bonds. The van der Waals surface area contributed by atoms with Gasteiger partial charge in [-0.1, -0.05) is 24.3 Å². The minimum Gasteiger partial charge on any atom is -0.489 e. The van der Waals surface area contributed by atoms with Gasteiger partial charge in [0, 0.05) is 25.0 Å². The average molecular weight is 233 g/mol. The summed E-state index contributed by atoms with van der Waals surface area (Å²) in [5.74, 6) is 0.991. The molecule has 1 nitrogen and oxygen atoms in total. The SMILES string of the molecule is C1=Cc2ccccc2OC1.[Ru]. The zero-order chi connectivity index (χ0) is 6.81. The van der Waals surface area contributed by atoms with Crippen molar-refractivity contribution in [3.05, 3.63) is 35.9 Å². The number of hydrogen-bond donors (Lipinski definition) is 0. The summed E-state index contributed by atoms with van der Waals surface area (Å²) in [6.45, 7) is 0.705. The Morgan fingerprint density at radius 3 is 2.82 bits per heavy atom. The van der Waals surface area contributed by atoms with Gasteiger partial charge in [-0.2, -0.15) is 0 Å². The first-order valence-corrected chi connectivity index (χ1v) is 3.35. The topological polar surface area (TPSA) is 9.23 Å². The van der Waals surface area contributed by atoms with Crippen molar-refractivity contribution in [3.63, 3.8) is 0 Å². The molecule has 1 heterocycles. The number of fused-ring (bicyclic) bond motifs is 1. The molecular formula is C9H8ORu. The van der Waals surface area contributed by atoms with Gasteiger partial charge in [-0.15, -0.1) is 0 Å². The molecule has 58 valence electrons. The number of para-hydroxylation sites is 1. The molecule has 0 fully saturated rings. The van der Waals surface area contributed by atoms with Gasteiger partial charge < -0.3 is 4.74 Å². The molecule has 11 heavy (non-hydrogen) atoms. The van der Waals surface area contributed by atoms with Crippen LogP contribution in [-0.2, 0) is 19.5 Å². The maximum absolute atomic E-state index is 5.34. The summed E-state index contributed by atoms with van der Waals surface area (Å²) in [7, 11) is 0. The predicted octanol–water partition coefficient (Wildman–Crippen LogP) is 2.09. The maximum atomic E-state index is 5.34. The van der Waals surface area contributed by atoms with Crippen molar-refractivity contribution in [3.8, 4) is 5.75 Å². The van der Waals surface area contributed by atoms with Gasteiger partial charge in [-0.25, -0.2) is 0 Å². The fraction of sp³-hybridized carbons (Fsp3) is 0.111. The quantitative estimate of drug-likeness (QED) is 0.623. The summed E-state index contributed by atoms with van der Waals surface area (Å²) < 4.78 is 5.34. The van der Waals surface area contributed by atoms with Crippen molar-refractivity contribution >= 4 is 6.08 Å². The van der Waals surface area contributed by atoms with E-state index in [9.17, 15) is 0 Å². The van der Waals surface area contributed by atoms with Crippen molar-refractivity contribution in [2.75, 3.05) is 6.61 Å². The van der Waals surface area contributed by atoms with E-state index in [0.717, 1.165) is 5.75 Å². The molecule has 2 heteroatoms. The van der Waals surface area contributed by atoms with E-state index in [4.69, 9.17) is 4.74 Å². The first-order chi connectivity index (χ1) is 4.97. The fourth-order valence-corrected chi connectivity index (χ4v) is 1.06. The predicted molar refractivity (Wildman–Crippen MR) is 41.0 cm³/mol. The van der Waals surface area contributed by atoms with E-state index in [-0.39, 0.29) is 19.5 Å². The number of ether oxygens (including phenoxy) is 1. The van der Waals surface area contributed by atoms with E-state index in [0.29, 0.717) is 6.61 Å². The second-order valence-electron chi connectivity index (χ2n) is 2.25. The number of hydrogen-bond acceptors (Lipinski definition) is 1. The van der Waals surface area contributed by atoms with E-state index in [2.05, 4.69) is 6.08 Å².